The minimum atomic E-state index is -1.67. The van der Waals surface area contributed by atoms with Gasteiger partial charge in [-0.3, -0.25) is 9.59 Å². The van der Waals surface area contributed by atoms with E-state index >= 15 is 0 Å². The van der Waals surface area contributed by atoms with E-state index in [-0.39, 0.29) is 25.6 Å². The van der Waals surface area contributed by atoms with Gasteiger partial charge in [-0.1, -0.05) is 12.8 Å². The minimum absolute atomic E-state index is 0.0264. The number of rotatable bonds is 6. The summed E-state index contributed by atoms with van der Waals surface area (Å²) in [5, 5.41) is 0. The molecule has 0 unspecified atom stereocenters. The number of carbonyl (C=O) groups is 2. The van der Waals surface area contributed by atoms with E-state index < -0.39 is 34.9 Å². The highest BCUT2D eigenvalue weighted by Crippen LogP contribution is 2.26. The highest BCUT2D eigenvalue weighted by Gasteiger charge is 2.30. The summed E-state index contributed by atoms with van der Waals surface area (Å²) in [6, 6.07) is 1.52. The zero-order valence-corrected chi connectivity index (χ0v) is 13.5. The predicted octanol–water partition coefficient (Wildman–Crippen LogP) is 3.44. The molecule has 1 fully saturated rings. The molecule has 0 heterocycles. The first-order valence-corrected chi connectivity index (χ1v) is 8.05. The number of benzene rings is 1. The largest absolute Gasteiger partial charge is 0.466 e. The molecule has 1 amide bonds. The Morgan fingerprint density at radius 2 is 1.83 bits per heavy atom. The summed E-state index contributed by atoms with van der Waals surface area (Å²) in [5.74, 6) is -5.71. The van der Waals surface area contributed by atoms with Crippen molar-refractivity contribution in [1.29, 1.82) is 0 Å². The Morgan fingerprint density at radius 3 is 2.46 bits per heavy atom. The number of ether oxygens (including phenoxy) is 1. The average Bonchev–Trinajstić information content (AvgIpc) is 3.07. The van der Waals surface area contributed by atoms with Crippen molar-refractivity contribution in [2.75, 3.05) is 13.2 Å². The molecular formula is C17H20F3NO3. The third-order valence-corrected chi connectivity index (χ3v) is 4.15. The fourth-order valence-corrected chi connectivity index (χ4v) is 2.96. The van der Waals surface area contributed by atoms with Crippen molar-refractivity contribution in [3.05, 3.63) is 35.1 Å². The summed E-state index contributed by atoms with van der Waals surface area (Å²) in [6.45, 7) is 1.96. The first kappa shape index (κ1) is 18.3. The molecule has 132 valence electrons. The third kappa shape index (κ3) is 4.07. The van der Waals surface area contributed by atoms with E-state index in [4.69, 9.17) is 4.74 Å². The summed E-state index contributed by atoms with van der Waals surface area (Å²) in [5.41, 5.74) is -0.523. The van der Waals surface area contributed by atoms with Crippen LogP contribution in [0.25, 0.3) is 0 Å². The van der Waals surface area contributed by atoms with Gasteiger partial charge >= 0.3 is 5.97 Å². The van der Waals surface area contributed by atoms with Crippen molar-refractivity contribution in [1.82, 2.24) is 4.90 Å². The second-order valence-corrected chi connectivity index (χ2v) is 5.71. The van der Waals surface area contributed by atoms with E-state index in [1.165, 1.54) is 4.90 Å². The molecule has 0 bridgehead atoms. The van der Waals surface area contributed by atoms with Gasteiger partial charge < -0.3 is 9.64 Å². The summed E-state index contributed by atoms with van der Waals surface area (Å²) in [6.07, 6.45) is 3.29. The quantitative estimate of drug-likeness (QED) is 0.587. The number of halogens is 3. The van der Waals surface area contributed by atoms with Crippen LogP contribution in [0.2, 0.25) is 0 Å². The predicted molar refractivity (Wildman–Crippen MR) is 80.9 cm³/mol. The highest BCUT2D eigenvalue weighted by molar-refractivity contribution is 5.95. The Morgan fingerprint density at radius 1 is 1.17 bits per heavy atom. The van der Waals surface area contributed by atoms with Crippen LogP contribution in [0.5, 0.6) is 0 Å². The summed E-state index contributed by atoms with van der Waals surface area (Å²) >= 11 is 0. The van der Waals surface area contributed by atoms with Crippen molar-refractivity contribution in [2.24, 2.45) is 0 Å². The molecule has 0 atom stereocenters. The molecule has 0 aromatic heterocycles. The first-order chi connectivity index (χ1) is 11.5. The number of nitrogens with zero attached hydrogens (tertiary/aromatic N) is 1. The van der Waals surface area contributed by atoms with Gasteiger partial charge in [0.05, 0.1) is 18.6 Å². The van der Waals surface area contributed by atoms with Gasteiger partial charge in [0.2, 0.25) is 0 Å². The standard InChI is InChI=1S/C17H20F3NO3/c1-2-24-14(22)9-10-21(11-5-3-4-6-11)17(23)12-7-8-13(18)16(20)15(12)19/h7-8,11H,2-6,9-10H2,1H3. The molecule has 4 nitrogen and oxygen atoms in total. The van der Waals surface area contributed by atoms with Crippen LogP contribution < -0.4 is 0 Å². The van der Waals surface area contributed by atoms with Crippen molar-refractivity contribution < 1.29 is 27.5 Å². The van der Waals surface area contributed by atoms with E-state index in [0.29, 0.717) is 0 Å². The normalized spacial score (nSPS) is 14.7. The maximum atomic E-state index is 13.9. The molecule has 24 heavy (non-hydrogen) atoms. The molecule has 1 aromatic rings. The number of esters is 1. The van der Waals surface area contributed by atoms with Crippen LogP contribution in [0.4, 0.5) is 13.2 Å². The van der Waals surface area contributed by atoms with Crippen molar-refractivity contribution in [3.63, 3.8) is 0 Å². The van der Waals surface area contributed by atoms with E-state index in [0.717, 1.165) is 37.8 Å². The lowest BCUT2D eigenvalue weighted by Crippen LogP contribution is -2.41. The molecule has 0 aliphatic heterocycles. The number of carbonyl (C=O) groups excluding carboxylic acids is 2. The summed E-state index contributed by atoms with van der Waals surface area (Å²) < 4.78 is 45.2. The fourth-order valence-electron chi connectivity index (χ4n) is 2.96. The molecule has 0 radical (unpaired) electrons. The number of hydrogen-bond donors (Lipinski definition) is 0. The third-order valence-electron chi connectivity index (χ3n) is 4.15. The van der Waals surface area contributed by atoms with Crippen LogP contribution in [0, 0.1) is 17.5 Å². The fraction of sp³-hybridized carbons (Fsp3) is 0.529. The molecule has 0 saturated heterocycles. The summed E-state index contributed by atoms with van der Waals surface area (Å²) in [4.78, 5) is 25.5. The van der Waals surface area contributed by atoms with E-state index in [9.17, 15) is 22.8 Å². The van der Waals surface area contributed by atoms with E-state index in [1.807, 2.05) is 0 Å². The van der Waals surface area contributed by atoms with Gasteiger partial charge in [-0.15, -0.1) is 0 Å². The van der Waals surface area contributed by atoms with E-state index in [1.54, 1.807) is 6.92 Å². The Hall–Kier alpha value is -2.05. The molecule has 1 aliphatic rings. The average molecular weight is 343 g/mol. The zero-order chi connectivity index (χ0) is 17.7. The topological polar surface area (TPSA) is 46.6 Å². The number of hydrogen-bond acceptors (Lipinski definition) is 3. The Kier molecular flexibility index (Phi) is 6.23. The van der Waals surface area contributed by atoms with Crippen LogP contribution in [-0.4, -0.2) is 36.0 Å². The van der Waals surface area contributed by atoms with Crippen LogP contribution in [0.1, 0.15) is 49.4 Å². The lowest BCUT2D eigenvalue weighted by atomic mass is 10.1. The Bertz CT molecular complexity index is 615. The molecule has 1 aliphatic carbocycles. The molecule has 0 N–H and O–H groups in total. The molecule has 7 heteroatoms. The lowest BCUT2D eigenvalue weighted by molar-refractivity contribution is -0.143. The van der Waals surface area contributed by atoms with Crippen molar-refractivity contribution in [3.8, 4) is 0 Å². The first-order valence-electron chi connectivity index (χ1n) is 8.05. The second-order valence-electron chi connectivity index (χ2n) is 5.71. The second kappa shape index (κ2) is 8.17. The highest BCUT2D eigenvalue weighted by atomic mass is 19.2. The summed E-state index contributed by atoms with van der Waals surface area (Å²) in [7, 11) is 0. The van der Waals surface area contributed by atoms with Crippen molar-refractivity contribution >= 4 is 11.9 Å². The number of amides is 1. The van der Waals surface area contributed by atoms with Crippen LogP contribution in [0.3, 0.4) is 0 Å². The minimum Gasteiger partial charge on any atom is -0.466 e. The van der Waals surface area contributed by atoms with Crippen LogP contribution in [-0.2, 0) is 9.53 Å². The zero-order valence-electron chi connectivity index (χ0n) is 13.5. The smallest absolute Gasteiger partial charge is 0.307 e. The molecule has 1 saturated carbocycles. The lowest BCUT2D eigenvalue weighted by Gasteiger charge is -2.29. The van der Waals surface area contributed by atoms with Crippen LogP contribution >= 0.6 is 0 Å². The maximum Gasteiger partial charge on any atom is 0.307 e. The van der Waals surface area contributed by atoms with Crippen molar-refractivity contribution in [2.45, 2.75) is 45.1 Å². The maximum absolute atomic E-state index is 13.9. The van der Waals surface area contributed by atoms with Gasteiger partial charge in [-0.2, -0.15) is 0 Å². The van der Waals surface area contributed by atoms with Gasteiger partial charge in [-0.25, -0.2) is 13.2 Å². The van der Waals surface area contributed by atoms with Gasteiger partial charge in [0.25, 0.3) is 5.91 Å². The van der Waals surface area contributed by atoms with Crippen LogP contribution in [0.15, 0.2) is 12.1 Å². The van der Waals surface area contributed by atoms with Gasteiger partial charge in [0, 0.05) is 12.6 Å². The molecular weight excluding hydrogens is 323 g/mol. The van der Waals surface area contributed by atoms with Gasteiger partial charge in [0.1, 0.15) is 0 Å². The molecule has 2 rings (SSSR count). The monoisotopic (exact) mass is 343 g/mol. The van der Waals surface area contributed by atoms with E-state index in [2.05, 4.69) is 0 Å². The Balaban J connectivity index is 2.21. The van der Waals surface area contributed by atoms with Gasteiger partial charge in [-0.05, 0) is 31.9 Å². The molecule has 0 spiro atoms. The van der Waals surface area contributed by atoms with Gasteiger partial charge in [0.15, 0.2) is 17.5 Å². The molecule has 1 aromatic carbocycles. The Labute approximate surface area is 138 Å². The SMILES string of the molecule is CCOC(=O)CCN(C(=O)c1ccc(F)c(F)c1F)C1CCCC1.